The third-order valence-electron chi connectivity index (χ3n) is 6.35. The van der Waals surface area contributed by atoms with E-state index in [4.69, 9.17) is 0 Å². The Hall–Kier alpha value is -3.45. The molecule has 2 amide bonds. The van der Waals surface area contributed by atoms with E-state index in [9.17, 15) is 14.4 Å². The zero-order valence-corrected chi connectivity index (χ0v) is 21.1. The highest BCUT2D eigenvalue weighted by molar-refractivity contribution is 5.96. The standard InChI is InChI=1S/C29H38N4O3/c1-2-25(34)14-8-4-7-13-24(33-28(35)21-32-29(36)22-11-5-3-6-12-22)20-30-18-17-23-19-31-27-16-10-9-15-26(23)27/h3,5-6,9-12,15-16,19,24,30-31H,2,4,7-8,13-14,17-18,20-21H2,1H3,(H,32,36)(H,33,35). The number of nitrogens with one attached hydrogen (secondary N) is 4. The highest BCUT2D eigenvalue weighted by Crippen LogP contribution is 2.17. The van der Waals surface area contributed by atoms with Gasteiger partial charge in [0, 0.05) is 48.1 Å². The highest BCUT2D eigenvalue weighted by atomic mass is 16.2. The first-order chi connectivity index (χ1) is 17.6. The maximum Gasteiger partial charge on any atom is 0.251 e. The van der Waals surface area contributed by atoms with Crippen molar-refractivity contribution in [1.82, 2.24) is 20.9 Å². The number of fused-ring (bicyclic) bond motifs is 1. The van der Waals surface area contributed by atoms with E-state index in [0.29, 0.717) is 30.7 Å². The number of benzene rings is 2. The Bertz CT molecular complexity index is 1110. The Morgan fingerprint density at radius 1 is 0.944 bits per heavy atom. The average Bonchev–Trinajstić information content (AvgIpc) is 3.32. The van der Waals surface area contributed by atoms with Crippen LogP contribution in [0.25, 0.3) is 10.9 Å². The molecule has 0 spiro atoms. The molecule has 3 rings (SSSR count). The van der Waals surface area contributed by atoms with Crippen LogP contribution in [-0.2, 0) is 16.0 Å². The van der Waals surface area contributed by atoms with Gasteiger partial charge in [-0.15, -0.1) is 0 Å². The summed E-state index contributed by atoms with van der Waals surface area (Å²) < 4.78 is 0. The summed E-state index contributed by atoms with van der Waals surface area (Å²) in [5.74, 6) is -0.170. The summed E-state index contributed by atoms with van der Waals surface area (Å²) in [6.45, 7) is 3.27. The van der Waals surface area contributed by atoms with Crippen LogP contribution in [0, 0.1) is 0 Å². The van der Waals surface area contributed by atoms with Crippen molar-refractivity contribution in [3.63, 3.8) is 0 Å². The van der Waals surface area contributed by atoms with Crippen LogP contribution in [0.15, 0.2) is 60.8 Å². The van der Waals surface area contributed by atoms with E-state index in [1.165, 1.54) is 10.9 Å². The second-order valence-electron chi connectivity index (χ2n) is 9.12. The van der Waals surface area contributed by atoms with Gasteiger partial charge in [-0.05, 0) is 49.6 Å². The van der Waals surface area contributed by atoms with Gasteiger partial charge in [-0.1, -0.05) is 56.2 Å². The monoisotopic (exact) mass is 490 g/mol. The van der Waals surface area contributed by atoms with Crippen molar-refractivity contribution in [2.45, 2.75) is 57.9 Å². The number of Topliss-reactive ketones (excluding diaryl/α,β-unsaturated/α-hetero) is 1. The first kappa shape index (κ1) is 27.1. The maximum absolute atomic E-state index is 12.6. The number of aromatic amines is 1. The number of carbonyl (C=O) groups is 3. The third-order valence-corrected chi connectivity index (χ3v) is 6.35. The summed E-state index contributed by atoms with van der Waals surface area (Å²) in [5.41, 5.74) is 2.93. The lowest BCUT2D eigenvalue weighted by atomic mass is 10.0. The van der Waals surface area contributed by atoms with Crippen LogP contribution in [0.1, 0.15) is 61.4 Å². The molecule has 0 aliphatic heterocycles. The molecule has 0 fully saturated rings. The molecule has 0 radical (unpaired) electrons. The Balaban J connectivity index is 1.45. The molecule has 0 aliphatic rings. The van der Waals surface area contributed by atoms with Gasteiger partial charge in [0.1, 0.15) is 5.78 Å². The van der Waals surface area contributed by atoms with E-state index in [0.717, 1.165) is 44.2 Å². The molecule has 4 N–H and O–H groups in total. The molecule has 0 aliphatic carbocycles. The predicted octanol–water partition coefficient (Wildman–Crippen LogP) is 4.14. The lowest BCUT2D eigenvalue weighted by molar-refractivity contribution is -0.121. The van der Waals surface area contributed by atoms with Crippen LogP contribution >= 0.6 is 0 Å². The molecule has 36 heavy (non-hydrogen) atoms. The quantitative estimate of drug-likeness (QED) is 0.227. The van der Waals surface area contributed by atoms with Crippen LogP contribution in [0.2, 0.25) is 0 Å². The first-order valence-corrected chi connectivity index (χ1v) is 13.0. The minimum absolute atomic E-state index is 0.0454. The smallest absolute Gasteiger partial charge is 0.251 e. The van der Waals surface area contributed by atoms with Gasteiger partial charge in [-0.3, -0.25) is 14.4 Å². The minimum atomic E-state index is -0.264. The minimum Gasteiger partial charge on any atom is -0.361 e. The summed E-state index contributed by atoms with van der Waals surface area (Å²) >= 11 is 0. The SMILES string of the molecule is CCC(=O)CCCCCC(CNCCc1c[nH]c2ccccc12)NC(=O)CNC(=O)c1ccccc1. The topological polar surface area (TPSA) is 103 Å². The highest BCUT2D eigenvalue weighted by Gasteiger charge is 2.14. The first-order valence-electron chi connectivity index (χ1n) is 13.0. The second kappa shape index (κ2) is 14.8. The van der Waals surface area contributed by atoms with Crippen LogP contribution in [0.3, 0.4) is 0 Å². The number of unbranched alkanes of at least 4 members (excludes halogenated alkanes) is 2. The van der Waals surface area contributed by atoms with Crippen LogP contribution in [0.4, 0.5) is 0 Å². The van der Waals surface area contributed by atoms with Crippen molar-refractivity contribution in [1.29, 1.82) is 0 Å². The molecule has 7 nitrogen and oxygen atoms in total. The number of ketones is 1. The molecule has 2 aromatic carbocycles. The van der Waals surface area contributed by atoms with Gasteiger partial charge >= 0.3 is 0 Å². The molecule has 1 atom stereocenters. The van der Waals surface area contributed by atoms with Gasteiger partial charge in [-0.25, -0.2) is 0 Å². The Labute approximate surface area is 213 Å². The number of hydrogen-bond donors (Lipinski definition) is 4. The van der Waals surface area contributed by atoms with E-state index in [2.05, 4.69) is 39.3 Å². The van der Waals surface area contributed by atoms with Crippen LogP contribution in [-0.4, -0.2) is 48.3 Å². The summed E-state index contributed by atoms with van der Waals surface area (Å²) in [7, 11) is 0. The molecule has 0 bridgehead atoms. The van der Waals surface area contributed by atoms with Gasteiger partial charge in [0.15, 0.2) is 0 Å². The van der Waals surface area contributed by atoms with Crippen molar-refractivity contribution in [2.24, 2.45) is 0 Å². The molecule has 1 aromatic heterocycles. The van der Waals surface area contributed by atoms with E-state index in [1.807, 2.05) is 25.1 Å². The van der Waals surface area contributed by atoms with E-state index in [-0.39, 0.29) is 24.4 Å². The summed E-state index contributed by atoms with van der Waals surface area (Å²) in [5, 5.41) is 10.5. The maximum atomic E-state index is 12.6. The molecule has 7 heteroatoms. The molecule has 1 heterocycles. The fourth-order valence-electron chi connectivity index (χ4n) is 4.26. The Morgan fingerprint density at radius 2 is 1.72 bits per heavy atom. The third kappa shape index (κ3) is 8.96. The Morgan fingerprint density at radius 3 is 2.53 bits per heavy atom. The molecule has 0 saturated heterocycles. The molecule has 192 valence electrons. The number of rotatable bonds is 16. The van der Waals surface area contributed by atoms with Crippen molar-refractivity contribution in [3.05, 3.63) is 71.9 Å². The summed E-state index contributed by atoms with van der Waals surface area (Å²) in [4.78, 5) is 39.7. The fourth-order valence-corrected chi connectivity index (χ4v) is 4.26. The van der Waals surface area contributed by atoms with Crippen molar-refractivity contribution in [3.8, 4) is 0 Å². The number of amides is 2. The largest absolute Gasteiger partial charge is 0.361 e. The molecular weight excluding hydrogens is 452 g/mol. The number of carbonyl (C=O) groups excluding carboxylic acids is 3. The van der Waals surface area contributed by atoms with Gasteiger partial charge in [-0.2, -0.15) is 0 Å². The van der Waals surface area contributed by atoms with E-state index >= 15 is 0 Å². The lowest BCUT2D eigenvalue weighted by Crippen LogP contribution is -2.46. The average molecular weight is 491 g/mol. The fraction of sp³-hybridized carbons (Fsp3) is 0.414. The summed E-state index contributed by atoms with van der Waals surface area (Å²) in [6, 6.07) is 17.1. The number of aromatic nitrogens is 1. The number of H-pyrrole nitrogens is 1. The van der Waals surface area contributed by atoms with Crippen molar-refractivity contribution >= 4 is 28.5 Å². The normalized spacial score (nSPS) is 11.8. The zero-order valence-electron chi connectivity index (χ0n) is 21.1. The molecule has 3 aromatic rings. The van der Waals surface area contributed by atoms with Crippen LogP contribution in [0.5, 0.6) is 0 Å². The van der Waals surface area contributed by atoms with Crippen LogP contribution < -0.4 is 16.0 Å². The molecular formula is C29H38N4O3. The molecule has 1 unspecified atom stereocenters. The molecule has 0 saturated carbocycles. The van der Waals surface area contributed by atoms with Gasteiger partial charge in [0.25, 0.3) is 5.91 Å². The van der Waals surface area contributed by atoms with Gasteiger partial charge in [0.05, 0.1) is 6.54 Å². The van der Waals surface area contributed by atoms with Gasteiger partial charge in [0.2, 0.25) is 5.91 Å². The number of hydrogen-bond acceptors (Lipinski definition) is 4. The Kier molecular flexibility index (Phi) is 11.2. The number of para-hydroxylation sites is 1. The van der Waals surface area contributed by atoms with Crippen molar-refractivity contribution in [2.75, 3.05) is 19.6 Å². The zero-order chi connectivity index (χ0) is 25.6. The predicted molar refractivity (Wildman–Crippen MR) is 144 cm³/mol. The van der Waals surface area contributed by atoms with E-state index in [1.54, 1.807) is 24.3 Å². The van der Waals surface area contributed by atoms with Gasteiger partial charge < -0.3 is 20.9 Å². The van der Waals surface area contributed by atoms with Crippen molar-refractivity contribution < 1.29 is 14.4 Å². The lowest BCUT2D eigenvalue weighted by Gasteiger charge is -2.20. The van der Waals surface area contributed by atoms with E-state index < -0.39 is 0 Å². The second-order valence-corrected chi connectivity index (χ2v) is 9.12. The summed E-state index contributed by atoms with van der Waals surface area (Å²) in [6.07, 6.45) is 7.75.